The largest absolute Gasteiger partial charge is 0.347 e. The van der Waals surface area contributed by atoms with Gasteiger partial charge in [0, 0.05) is 20.1 Å². The van der Waals surface area contributed by atoms with Crippen molar-refractivity contribution in [2.75, 3.05) is 27.2 Å². The maximum absolute atomic E-state index is 11.9. The summed E-state index contributed by atoms with van der Waals surface area (Å²) in [6.45, 7) is 8.82. The number of rotatable bonds is 8. The molecule has 0 spiro atoms. The van der Waals surface area contributed by atoms with E-state index < -0.39 is 0 Å². The van der Waals surface area contributed by atoms with E-state index in [2.05, 4.69) is 62.6 Å². The van der Waals surface area contributed by atoms with Gasteiger partial charge in [0.1, 0.15) is 0 Å². The second-order valence-electron chi connectivity index (χ2n) is 6.99. The van der Waals surface area contributed by atoms with Crippen molar-refractivity contribution in [3.63, 3.8) is 0 Å². The average Bonchev–Trinajstić information content (AvgIpc) is 2.52. The third kappa shape index (κ3) is 6.32. The monoisotopic (exact) mass is 333 g/mol. The van der Waals surface area contributed by atoms with Crippen LogP contribution < -0.4 is 10.6 Å². The molecule has 1 aromatic rings. The van der Waals surface area contributed by atoms with E-state index in [1.807, 2.05) is 0 Å². The minimum atomic E-state index is -0.172. The predicted molar refractivity (Wildman–Crippen MR) is 97.8 cm³/mol. The van der Waals surface area contributed by atoms with Crippen LogP contribution in [-0.4, -0.2) is 43.9 Å². The molecule has 0 aliphatic carbocycles. The van der Waals surface area contributed by atoms with Crippen LogP contribution in [0.1, 0.15) is 50.8 Å². The zero-order valence-electron chi connectivity index (χ0n) is 15.7. The van der Waals surface area contributed by atoms with E-state index in [4.69, 9.17) is 0 Å². The lowest BCUT2D eigenvalue weighted by molar-refractivity contribution is -0.130. The highest BCUT2D eigenvalue weighted by atomic mass is 16.2. The van der Waals surface area contributed by atoms with Crippen LogP contribution >= 0.6 is 0 Å². The first-order chi connectivity index (χ1) is 11.2. The van der Waals surface area contributed by atoms with Gasteiger partial charge in [0.15, 0.2) is 0 Å². The lowest BCUT2D eigenvalue weighted by Gasteiger charge is -2.23. The highest BCUT2D eigenvalue weighted by molar-refractivity contribution is 5.85. The Bertz CT molecular complexity index is 536. The smallest absolute Gasteiger partial charge is 0.241 e. The van der Waals surface area contributed by atoms with Crippen LogP contribution in [0.2, 0.25) is 0 Å². The molecule has 134 valence electrons. The number of nitrogens with one attached hydrogen (secondary N) is 2. The molecule has 5 heteroatoms. The molecule has 1 aromatic carbocycles. The summed E-state index contributed by atoms with van der Waals surface area (Å²) in [4.78, 5) is 24.9. The van der Waals surface area contributed by atoms with Crippen LogP contribution in [0, 0.1) is 5.92 Å². The van der Waals surface area contributed by atoms with Gasteiger partial charge in [-0.3, -0.25) is 9.59 Å². The minimum Gasteiger partial charge on any atom is -0.347 e. The number of hydrogen-bond acceptors (Lipinski definition) is 3. The normalized spacial score (nSPS) is 12.3. The SMILES string of the molecule is CC(C)c1ccc([C@@H](NCC(=O)NCC(=O)N(C)C)C(C)C)cc1. The zero-order valence-corrected chi connectivity index (χ0v) is 15.7. The van der Waals surface area contributed by atoms with Crippen LogP contribution in [-0.2, 0) is 9.59 Å². The second kappa shape index (κ2) is 9.42. The van der Waals surface area contributed by atoms with Crippen LogP contribution in [0.15, 0.2) is 24.3 Å². The molecule has 0 aromatic heterocycles. The van der Waals surface area contributed by atoms with Crippen LogP contribution in [0.3, 0.4) is 0 Å². The van der Waals surface area contributed by atoms with Crippen molar-refractivity contribution in [3.8, 4) is 0 Å². The third-order valence-corrected chi connectivity index (χ3v) is 4.05. The highest BCUT2D eigenvalue weighted by Gasteiger charge is 2.17. The minimum absolute atomic E-state index is 0.0307. The summed E-state index contributed by atoms with van der Waals surface area (Å²) in [7, 11) is 3.34. The molecule has 0 aliphatic heterocycles. The van der Waals surface area contributed by atoms with Gasteiger partial charge in [-0.15, -0.1) is 0 Å². The Morgan fingerprint density at radius 1 is 0.958 bits per heavy atom. The fourth-order valence-corrected chi connectivity index (χ4v) is 2.42. The molecule has 0 aliphatic rings. The van der Waals surface area contributed by atoms with E-state index >= 15 is 0 Å². The first-order valence-corrected chi connectivity index (χ1v) is 8.52. The quantitative estimate of drug-likeness (QED) is 0.767. The average molecular weight is 333 g/mol. The van der Waals surface area contributed by atoms with Crippen molar-refractivity contribution in [2.45, 2.75) is 39.7 Å². The van der Waals surface area contributed by atoms with Gasteiger partial charge in [0.2, 0.25) is 11.8 Å². The number of carbonyl (C=O) groups is 2. The molecule has 0 saturated carbocycles. The number of amides is 2. The third-order valence-electron chi connectivity index (χ3n) is 4.05. The summed E-state index contributed by atoms with van der Waals surface area (Å²) in [5, 5.41) is 5.94. The molecule has 24 heavy (non-hydrogen) atoms. The predicted octanol–water partition coefficient (Wildman–Crippen LogP) is 2.30. The van der Waals surface area contributed by atoms with Crippen LogP contribution in [0.4, 0.5) is 0 Å². The van der Waals surface area contributed by atoms with Crippen molar-refractivity contribution in [1.82, 2.24) is 15.5 Å². The lowest BCUT2D eigenvalue weighted by Crippen LogP contribution is -2.41. The summed E-state index contributed by atoms with van der Waals surface area (Å²) in [5.74, 6) is 0.568. The van der Waals surface area contributed by atoms with Gasteiger partial charge in [-0.05, 0) is 23.0 Å². The Morgan fingerprint density at radius 3 is 1.96 bits per heavy atom. The molecule has 0 saturated heterocycles. The van der Waals surface area contributed by atoms with Crippen molar-refractivity contribution < 1.29 is 9.59 Å². The summed E-state index contributed by atoms with van der Waals surface area (Å²) in [6, 6.07) is 8.64. The molecule has 1 atom stereocenters. The second-order valence-corrected chi connectivity index (χ2v) is 6.99. The maximum Gasteiger partial charge on any atom is 0.241 e. The molecule has 2 amide bonds. The van der Waals surface area contributed by atoms with E-state index in [1.165, 1.54) is 16.0 Å². The molecule has 1 rings (SSSR count). The summed E-state index contributed by atoms with van der Waals surface area (Å²) < 4.78 is 0. The topological polar surface area (TPSA) is 61.4 Å². The van der Waals surface area contributed by atoms with Crippen molar-refractivity contribution in [2.24, 2.45) is 5.92 Å². The van der Waals surface area contributed by atoms with Gasteiger partial charge in [0.25, 0.3) is 0 Å². The summed E-state index contributed by atoms with van der Waals surface area (Å²) in [5.41, 5.74) is 2.48. The van der Waals surface area contributed by atoms with Gasteiger partial charge in [-0.1, -0.05) is 52.0 Å². The van der Waals surface area contributed by atoms with E-state index in [-0.39, 0.29) is 30.9 Å². The molecular formula is C19H31N3O2. The van der Waals surface area contributed by atoms with E-state index in [1.54, 1.807) is 14.1 Å². The molecule has 2 N–H and O–H groups in total. The molecule has 0 bridgehead atoms. The van der Waals surface area contributed by atoms with E-state index in [0.29, 0.717) is 11.8 Å². The summed E-state index contributed by atoms with van der Waals surface area (Å²) in [6.07, 6.45) is 0. The Balaban J connectivity index is 2.60. The summed E-state index contributed by atoms with van der Waals surface area (Å²) >= 11 is 0. The Morgan fingerprint density at radius 2 is 1.50 bits per heavy atom. The number of benzene rings is 1. The Kier molecular flexibility index (Phi) is 7.92. The van der Waals surface area contributed by atoms with Crippen molar-refractivity contribution >= 4 is 11.8 Å². The molecule has 0 heterocycles. The molecule has 0 fully saturated rings. The standard InChI is InChI=1S/C19H31N3O2/c1-13(2)15-7-9-16(10-8-15)19(14(3)4)21-11-17(23)20-12-18(24)22(5)6/h7-10,13-14,19,21H,11-12H2,1-6H3,(H,20,23)/t19-/m0/s1. The highest BCUT2D eigenvalue weighted by Crippen LogP contribution is 2.23. The fourth-order valence-electron chi connectivity index (χ4n) is 2.42. The number of nitrogens with zero attached hydrogens (tertiary/aromatic N) is 1. The zero-order chi connectivity index (χ0) is 18.3. The Hall–Kier alpha value is -1.88. The molecule has 0 unspecified atom stereocenters. The van der Waals surface area contributed by atoms with E-state index in [9.17, 15) is 9.59 Å². The Labute approximate surface area is 145 Å². The van der Waals surface area contributed by atoms with E-state index in [0.717, 1.165) is 0 Å². The molecule has 0 radical (unpaired) electrons. The van der Waals surface area contributed by atoms with Crippen molar-refractivity contribution in [1.29, 1.82) is 0 Å². The van der Waals surface area contributed by atoms with Gasteiger partial charge in [-0.25, -0.2) is 0 Å². The van der Waals surface area contributed by atoms with Gasteiger partial charge >= 0.3 is 0 Å². The van der Waals surface area contributed by atoms with Gasteiger partial charge < -0.3 is 15.5 Å². The lowest BCUT2D eigenvalue weighted by atomic mass is 9.93. The fraction of sp³-hybridized carbons (Fsp3) is 0.579. The number of carbonyl (C=O) groups excluding carboxylic acids is 2. The molecular weight excluding hydrogens is 302 g/mol. The number of hydrogen-bond donors (Lipinski definition) is 2. The van der Waals surface area contributed by atoms with Gasteiger partial charge in [-0.2, -0.15) is 0 Å². The molecule has 5 nitrogen and oxygen atoms in total. The van der Waals surface area contributed by atoms with Crippen molar-refractivity contribution in [3.05, 3.63) is 35.4 Å². The maximum atomic E-state index is 11.9. The van der Waals surface area contributed by atoms with Crippen LogP contribution in [0.5, 0.6) is 0 Å². The first-order valence-electron chi connectivity index (χ1n) is 8.52. The van der Waals surface area contributed by atoms with Crippen LogP contribution in [0.25, 0.3) is 0 Å². The van der Waals surface area contributed by atoms with Gasteiger partial charge in [0.05, 0.1) is 13.1 Å². The first kappa shape index (κ1) is 20.2. The number of likely N-dealkylation sites (N-methyl/N-ethyl adjacent to an activating group) is 1.